The Bertz CT molecular complexity index is 1440. The van der Waals surface area contributed by atoms with Crippen molar-refractivity contribution in [2.75, 3.05) is 0 Å². The van der Waals surface area contributed by atoms with Gasteiger partial charge in [0.25, 0.3) is 5.56 Å². The van der Waals surface area contributed by atoms with Crippen LogP contribution in [0, 0.1) is 13.8 Å². The molecule has 4 aromatic rings. The van der Waals surface area contributed by atoms with Gasteiger partial charge in [-0.05, 0) is 80.3 Å². The van der Waals surface area contributed by atoms with Gasteiger partial charge in [-0.2, -0.15) is 0 Å². The van der Waals surface area contributed by atoms with E-state index in [4.69, 9.17) is 0 Å². The highest BCUT2D eigenvalue weighted by Crippen LogP contribution is 2.34. The predicted molar refractivity (Wildman–Crippen MR) is 133 cm³/mol. The van der Waals surface area contributed by atoms with Crippen molar-refractivity contribution >= 4 is 21.6 Å². The molecular weight excluding hydrogens is 416 g/mol. The monoisotopic (exact) mass is 444 g/mol. The molecule has 0 radical (unpaired) electrons. The summed E-state index contributed by atoms with van der Waals surface area (Å²) in [4.78, 5) is 29.6. The Kier molecular flexibility index (Phi) is 5.38. The van der Waals surface area contributed by atoms with Crippen molar-refractivity contribution in [1.82, 2.24) is 9.13 Å². The van der Waals surface area contributed by atoms with Crippen molar-refractivity contribution in [1.29, 1.82) is 0 Å². The van der Waals surface area contributed by atoms with Crippen molar-refractivity contribution in [3.63, 3.8) is 0 Å². The molecule has 164 valence electrons. The smallest absolute Gasteiger partial charge is 0.279 e. The van der Waals surface area contributed by atoms with E-state index in [2.05, 4.69) is 39.0 Å². The number of aromatic nitrogens is 2. The predicted octanol–water partition coefficient (Wildman–Crippen LogP) is 5.32. The highest BCUT2D eigenvalue weighted by Gasteiger charge is 2.24. The third-order valence-electron chi connectivity index (χ3n) is 6.67. The Morgan fingerprint density at radius 1 is 0.969 bits per heavy atom. The molecule has 1 aliphatic rings. The summed E-state index contributed by atoms with van der Waals surface area (Å²) in [6.07, 6.45) is 5.08. The number of hydrogen-bond donors (Lipinski definition) is 0. The minimum atomic E-state index is -0.258. The number of thiophene rings is 1. The molecule has 1 aliphatic carbocycles. The van der Waals surface area contributed by atoms with Gasteiger partial charge in [0, 0.05) is 4.88 Å². The zero-order valence-corrected chi connectivity index (χ0v) is 19.7. The summed E-state index contributed by atoms with van der Waals surface area (Å²) >= 11 is 1.64. The third-order valence-corrected chi connectivity index (χ3v) is 7.99. The lowest BCUT2D eigenvalue weighted by Crippen LogP contribution is -2.39. The van der Waals surface area contributed by atoms with Crippen LogP contribution in [-0.4, -0.2) is 9.13 Å². The average Bonchev–Trinajstić information content (AvgIpc) is 3.19. The maximum absolute atomic E-state index is 13.8. The van der Waals surface area contributed by atoms with Crippen LogP contribution in [0.3, 0.4) is 0 Å². The summed E-state index contributed by atoms with van der Waals surface area (Å²) in [5.74, 6) is 0. The summed E-state index contributed by atoms with van der Waals surface area (Å²) in [5.41, 5.74) is 6.00. The van der Waals surface area contributed by atoms with Crippen LogP contribution < -0.4 is 11.2 Å². The van der Waals surface area contributed by atoms with Gasteiger partial charge in [0.15, 0.2) is 0 Å². The van der Waals surface area contributed by atoms with Crippen LogP contribution in [0.15, 0.2) is 52.1 Å². The Labute approximate surface area is 191 Å². The zero-order chi connectivity index (χ0) is 22.4. The molecule has 0 fully saturated rings. The van der Waals surface area contributed by atoms with Crippen molar-refractivity contribution in [2.45, 2.75) is 59.4 Å². The molecule has 4 nitrogen and oxygen atoms in total. The fourth-order valence-electron chi connectivity index (χ4n) is 4.76. The Hall–Kier alpha value is -2.92. The number of aryl methyl sites for hydroxylation is 5. The second-order valence-corrected chi connectivity index (χ2v) is 9.93. The Balaban J connectivity index is 1.81. The highest BCUT2D eigenvalue weighted by molar-refractivity contribution is 7.18. The van der Waals surface area contributed by atoms with Gasteiger partial charge in [-0.25, -0.2) is 9.36 Å². The maximum Gasteiger partial charge on any atom is 0.337 e. The van der Waals surface area contributed by atoms with Crippen LogP contribution in [0.25, 0.3) is 15.9 Å². The number of rotatable bonds is 4. The minimum absolute atomic E-state index is 0.175. The van der Waals surface area contributed by atoms with E-state index in [1.165, 1.54) is 20.6 Å². The lowest BCUT2D eigenvalue weighted by atomic mass is 9.97. The first-order chi connectivity index (χ1) is 15.5. The Morgan fingerprint density at radius 2 is 1.72 bits per heavy atom. The van der Waals surface area contributed by atoms with Gasteiger partial charge in [0.05, 0.1) is 17.6 Å². The van der Waals surface area contributed by atoms with Crippen LogP contribution in [0.5, 0.6) is 0 Å². The molecule has 0 bridgehead atoms. The van der Waals surface area contributed by atoms with E-state index >= 15 is 0 Å². The van der Waals surface area contributed by atoms with Gasteiger partial charge in [0.2, 0.25) is 0 Å². The van der Waals surface area contributed by atoms with E-state index in [-0.39, 0.29) is 11.2 Å². The molecule has 0 unspecified atom stereocenters. The molecular formula is C27H28N2O2S. The zero-order valence-electron chi connectivity index (χ0n) is 18.9. The molecule has 0 saturated carbocycles. The average molecular weight is 445 g/mol. The molecule has 0 amide bonds. The first-order valence-corrected chi connectivity index (χ1v) is 12.2. The second-order valence-electron chi connectivity index (χ2n) is 8.85. The molecule has 2 heterocycles. The molecule has 0 aliphatic heterocycles. The molecule has 2 aromatic heterocycles. The first-order valence-electron chi connectivity index (χ1n) is 11.4. The fourth-order valence-corrected chi connectivity index (χ4v) is 6.13. The van der Waals surface area contributed by atoms with E-state index in [1.807, 2.05) is 28.8 Å². The molecule has 0 atom stereocenters. The van der Waals surface area contributed by atoms with Crippen molar-refractivity contribution < 1.29 is 0 Å². The highest BCUT2D eigenvalue weighted by atomic mass is 32.1. The largest absolute Gasteiger partial charge is 0.337 e. The summed E-state index contributed by atoms with van der Waals surface area (Å²) < 4.78 is 3.21. The summed E-state index contributed by atoms with van der Waals surface area (Å²) in [5, 5.41) is 0.745. The number of hydrogen-bond acceptors (Lipinski definition) is 3. The lowest BCUT2D eigenvalue weighted by Gasteiger charge is -2.15. The molecule has 32 heavy (non-hydrogen) atoms. The number of nitrogens with zero attached hydrogens (tertiary/aromatic N) is 2. The molecule has 0 spiro atoms. The Morgan fingerprint density at radius 3 is 2.47 bits per heavy atom. The standard InChI is InChI=1S/C27H28N2O2S/c1-4-19-11-13-21(14-12-19)29-25(30)24-22-7-5-6-8-23(22)32-26(24)28(27(29)31)16-20-15-17(2)9-10-18(20)3/h9-15H,4-8,16H2,1-3H3. The maximum atomic E-state index is 13.8. The minimum Gasteiger partial charge on any atom is -0.279 e. The molecule has 2 aromatic carbocycles. The quantitative estimate of drug-likeness (QED) is 0.428. The van der Waals surface area contributed by atoms with Crippen LogP contribution in [-0.2, 0) is 25.8 Å². The fraction of sp³-hybridized carbons (Fsp3) is 0.333. The van der Waals surface area contributed by atoms with Crippen LogP contribution in [0.2, 0.25) is 0 Å². The van der Waals surface area contributed by atoms with Gasteiger partial charge in [0.1, 0.15) is 4.83 Å². The van der Waals surface area contributed by atoms with E-state index in [1.54, 1.807) is 11.3 Å². The van der Waals surface area contributed by atoms with Crippen LogP contribution in [0.1, 0.15) is 52.5 Å². The van der Waals surface area contributed by atoms with Gasteiger partial charge >= 0.3 is 5.69 Å². The van der Waals surface area contributed by atoms with E-state index < -0.39 is 0 Å². The molecule has 0 N–H and O–H groups in total. The number of fused-ring (bicyclic) bond motifs is 3. The summed E-state index contributed by atoms with van der Waals surface area (Å²) in [7, 11) is 0. The van der Waals surface area contributed by atoms with Crippen LogP contribution in [0.4, 0.5) is 0 Å². The first kappa shape index (κ1) is 21.0. The SMILES string of the molecule is CCc1ccc(-n2c(=O)c3c4c(sc3n(Cc3cc(C)ccc3C)c2=O)CCCC4)cc1. The summed E-state index contributed by atoms with van der Waals surface area (Å²) in [6.45, 7) is 6.72. The van der Waals surface area contributed by atoms with Crippen molar-refractivity contribution in [3.05, 3.63) is 96.0 Å². The lowest BCUT2D eigenvalue weighted by molar-refractivity contribution is 0.695. The second kappa shape index (κ2) is 8.21. The van der Waals surface area contributed by atoms with Gasteiger partial charge < -0.3 is 0 Å². The third kappa shape index (κ3) is 3.45. The van der Waals surface area contributed by atoms with Gasteiger partial charge in [-0.3, -0.25) is 9.36 Å². The normalized spacial score (nSPS) is 13.5. The molecule has 5 heteroatoms. The van der Waals surface area contributed by atoms with Crippen molar-refractivity contribution in [2.24, 2.45) is 0 Å². The van der Waals surface area contributed by atoms with E-state index in [9.17, 15) is 9.59 Å². The van der Waals surface area contributed by atoms with E-state index in [0.717, 1.165) is 59.0 Å². The van der Waals surface area contributed by atoms with Crippen molar-refractivity contribution in [3.8, 4) is 5.69 Å². The van der Waals surface area contributed by atoms with Crippen LogP contribution >= 0.6 is 11.3 Å². The molecule has 5 rings (SSSR count). The number of benzene rings is 2. The molecule has 0 saturated heterocycles. The summed E-state index contributed by atoms with van der Waals surface area (Å²) in [6, 6.07) is 14.1. The topological polar surface area (TPSA) is 44.0 Å². The van der Waals surface area contributed by atoms with Gasteiger partial charge in [-0.15, -0.1) is 11.3 Å². The van der Waals surface area contributed by atoms with Gasteiger partial charge in [-0.1, -0.05) is 42.8 Å². The van der Waals surface area contributed by atoms with E-state index in [0.29, 0.717) is 12.2 Å².